The van der Waals surface area contributed by atoms with Crippen LogP contribution >= 0.6 is 0 Å². The third-order valence-corrected chi connectivity index (χ3v) is 2.27. The van der Waals surface area contributed by atoms with Gasteiger partial charge in [-0.3, -0.25) is 4.79 Å². The number of carbonyl (C=O) groups is 1. The van der Waals surface area contributed by atoms with Gasteiger partial charge >= 0.3 is 0 Å². The number of nitrogens with one attached hydrogen (secondary N) is 1. The quantitative estimate of drug-likeness (QED) is 0.623. The maximum atomic E-state index is 11.1. The van der Waals surface area contributed by atoms with Crippen molar-refractivity contribution in [3.05, 3.63) is 29.8 Å². The first kappa shape index (κ1) is 12.5. The molecule has 16 heavy (non-hydrogen) atoms. The highest BCUT2D eigenvalue weighted by atomic mass is 16.3. The Morgan fingerprint density at radius 3 is 2.62 bits per heavy atom. The van der Waals surface area contributed by atoms with Crippen LogP contribution in [0.4, 0.5) is 0 Å². The van der Waals surface area contributed by atoms with Crippen LogP contribution in [0.2, 0.25) is 0 Å². The van der Waals surface area contributed by atoms with E-state index in [-0.39, 0.29) is 11.7 Å². The van der Waals surface area contributed by atoms with Crippen molar-refractivity contribution in [1.29, 1.82) is 0 Å². The van der Waals surface area contributed by atoms with Gasteiger partial charge in [-0.1, -0.05) is 12.1 Å². The number of aromatic hydroxyl groups is 1. The lowest BCUT2D eigenvalue weighted by Gasteiger charge is -2.04. The zero-order valence-corrected chi connectivity index (χ0v) is 9.28. The summed E-state index contributed by atoms with van der Waals surface area (Å²) in [6.45, 7) is 1.06. The van der Waals surface area contributed by atoms with Crippen molar-refractivity contribution in [1.82, 2.24) is 5.32 Å². The fourth-order valence-corrected chi connectivity index (χ4v) is 1.40. The average Bonchev–Trinajstić information content (AvgIpc) is 2.27. The van der Waals surface area contributed by atoms with E-state index in [1.54, 1.807) is 12.1 Å². The number of hydrogen-bond donors (Lipinski definition) is 3. The Morgan fingerprint density at radius 2 is 2.00 bits per heavy atom. The second-order valence-electron chi connectivity index (χ2n) is 3.66. The number of hydrogen-bond acceptors (Lipinski definition) is 3. The zero-order chi connectivity index (χ0) is 11.8. The Kier molecular flexibility index (Phi) is 5.36. The van der Waals surface area contributed by atoms with E-state index in [1.807, 2.05) is 12.1 Å². The molecule has 0 saturated heterocycles. The molecule has 1 aromatic carbocycles. The molecule has 0 bridgehead atoms. The zero-order valence-electron chi connectivity index (χ0n) is 9.28. The second kappa shape index (κ2) is 6.85. The van der Waals surface area contributed by atoms with E-state index in [0.29, 0.717) is 19.5 Å². The monoisotopic (exact) mass is 222 g/mol. The number of phenols is 1. The van der Waals surface area contributed by atoms with Gasteiger partial charge in [-0.15, -0.1) is 0 Å². The molecule has 1 amide bonds. The maximum Gasteiger partial charge on any atom is 0.221 e. The fourth-order valence-electron chi connectivity index (χ4n) is 1.40. The number of nitrogens with two attached hydrogens (primary N) is 1. The maximum absolute atomic E-state index is 11.1. The van der Waals surface area contributed by atoms with E-state index in [1.165, 1.54) is 0 Å². The minimum atomic E-state index is 0.00760. The molecule has 1 aromatic rings. The van der Waals surface area contributed by atoms with Crippen LogP contribution in [-0.4, -0.2) is 24.1 Å². The van der Waals surface area contributed by atoms with Gasteiger partial charge in [-0.2, -0.15) is 0 Å². The van der Waals surface area contributed by atoms with Gasteiger partial charge < -0.3 is 16.2 Å². The molecular weight excluding hydrogens is 204 g/mol. The van der Waals surface area contributed by atoms with Crippen LogP contribution in [0.15, 0.2) is 24.3 Å². The Hall–Kier alpha value is -1.55. The van der Waals surface area contributed by atoms with Crippen LogP contribution in [0.3, 0.4) is 0 Å². The number of amides is 1. The third kappa shape index (κ3) is 4.79. The van der Waals surface area contributed by atoms with Gasteiger partial charge in [0, 0.05) is 19.5 Å². The molecule has 0 aliphatic heterocycles. The number of rotatable bonds is 6. The molecule has 4 N–H and O–H groups in total. The van der Waals surface area contributed by atoms with Crippen LogP contribution < -0.4 is 11.1 Å². The van der Waals surface area contributed by atoms with E-state index in [9.17, 15) is 4.79 Å². The summed E-state index contributed by atoms with van der Waals surface area (Å²) in [5.41, 5.74) is 6.41. The van der Waals surface area contributed by atoms with E-state index in [0.717, 1.165) is 18.4 Å². The molecule has 0 fully saturated rings. The normalized spacial score (nSPS) is 10.1. The standard InChI is InChI=1S/C12H18N2O2/c13-8-7-12(16)14-9-1-2-10-3-5-11(15)6-4-10/h3-6,15H,1-2,7-9,13H2,(H,14,16). The van der Waals surface area contributed by atoms with Gasteiger partial charge in [0.1, 0.15) is 5.75 Å². The Bertz CT molecular complexity index is 322. The van der Waals surface area contributed by atoms with Crippen LogP contribution in [-0.2, 0) is 11.2 Å². The molecule has 0 aliphatic carbocycles. The molecule has 4 heteroatoms. The van der Waals surface area contributed by atoms with Gasteiger partial charge in [0.15, 0.2) is 0 Å². The van der Waals surface area contributed by atoms with Gasteiger partial charge in [0.05, 0.1) is 0 Å². The number of aryl methyl sites for hydroxylation is 1. The number of benzene rings is 1. The summed E-state index contributed by atoms with van der Waals surface area (Å²) in [4.78, 5) is 11.1. The first-order chi connectivity index (χ1) is 7.72. The smallest absolute Gasteiger partial charge is 0.221 e. The number of phenolic OH excluding ortho intramolecular Hbond substituents is 1. The Labute approximate surface area is 95.5 Å². The molecule has 88 valence electrons. The first-order valence-corrected chi connectivity index (χ1v) is 5.47. The van der Waals surface area contributed by atoms with E-state index < -0.39 is 0 Å². The molecule has 0 aromatic heterocycles. The lowest BCUT2D eigenvalue weighted by atomic mass is 10.1. The van der Waals surface area contributed by atoms with Gasteiger partial charge in [-0.05, 0) is 30.5 Å². The van der Waals surface area contributed by atoms with E-state index >= 15 is 0 Å². The van der Waals surface area contributed by atoms with Crippen LogP contribution in [0.1, 0.15) is 18.4 Å². The average molecular weight is 222 g/mol. The summed E-state index contributed by atoms with van der Waals surface area (Å²) in [6, 6.07) is 7.11. The van der Waals surface area contributed by atoms with Crippen molar-refractivity contribution in [2.45, 2.75) is 19.3 Å². The summed E-state index contributed by atoms with van der Waals surface area (Å²) in [6.07, 6.45) is 2.17. The molecule has 0 aliphatic rings. The lowest BCUT2D eigenvalue weighted by Crippen LogP contribution is -2.26. The lowest BCUT2D eigenvalue weighted by molar-refractivity contribution is -0.120. The highest BCUT2D eigenvalue weighted by molar-refractivity contribution is 5.75. The van der Waals surface area contributed by atoms with Crippen molar-refractivity contribution in [2.75, 3.05) is 13.1 Å². The van der Waals surface area contributed by atoms with Gasteiger partial charge in [0.25, 0.3) is 0 Å². The van der Waals surface area contributed by atoms with E-state index in [4.69, 9.17) is 10.8 Å². The molecule has 0 atom stereocenters. The van der Waals surface area contributed by atoms with Crippen LogP contribution in [0.5, 0.6) is 5.75 Å². The van der Waals surface area contributed by atoms with Crippen molar-refractivity contribution < 1.29 is 9.90 Å². The Morgan fingerprint density at radius 1 is 1.31 bits per heavy atom. The van der Waals surface area contributed by atoms with Crippen molar-refractivity contribution in [2.24, 2.45) is 5.73 Å². The molecule has 0 radical (unpaired) electrons. The Balaban J connectivity index is 2.16. The summed E-state index contributed by atoms with van der Waals surface area (Å²) in [7, 11) is 0. The minimum Gasteiger partial charge on any atom is -0.508 e. The van der Waals surface area contributed by atoms with Crippen LogP contribution in [0.25, 0.3) is 0 Å². The molecule has 0 unspecified atom stereocenters. The topological polar surface area (TPSA) is 75.4 Å². The highest BCUT2D eigenvalue weighted by Crippen LogP contribution is 2.10. The predicted octanol–water partition coefficient (Wildman–Crippen LogP) is 0.790. The summed E-state index contributed by atoms with van der Waals surface area (Å²) >= 11 is 0. The van der Waals surface area contributed by atoms with Crippen molar-refractivity contribution >= 4 is 5.91 Å². The largest absolute Gasteiger partial charge is 0.508 e. The van der Waals surface area contributed by atoms with Crippen LogP contribution in [0, 0.1) is 0 Å². The highest BCUT2D eigenvalue weighted by Gasteiger charge is 1.98. The summed E-state index contributed by atoms with van der Waals surface area (Å²) < 4.78 is 0. The first-order valence-electron chi connectivity index (χ1n) is 5.47. The van der Waals surface area contributed by atoms with Crippen molar-refractivity contribution in [3.63, 3.8) is 0 Å². The summed E-state index contributed by atoms with van der Waals surface area (Å²) in [5, 5.41) is 11.9. The SMILES string of the molecule is NCCC(=O)NCCCc1ccc(O)cc1. The summed E-state index contributed by atoms with van der Waals surface area (Å²) in [5.74, 6) is 0.285. The van der Waals surface area contributed by atoms with Crippen molar-refractivity contribution in [3.8, 4) is 5.75 Å². The van der Waals surface area contributed by atoms with Gasteiger partial charge in [-0.25, -0.2) is 0 Å². The fraction of sp³-hybridized carbons (Fsp3) is 0.417. The predicted molar refractivity (Wildman–Crippen MR) is 63.1 cm³/mol. The molecular formula is C12H18N2O2. The molecule has 0 spiro atoms. The minimum absolute atomic E-state index is 0.00760. The van der Waals surface area contributed by atoms with Gasteiger partial charge in [0.2, 0.25) is 5.91 Å². The molecule has 1 rings (SSSR count). The number of carbonyl (C=O) groups excluding carboxylic acids is 1. The van der Waals surface area contributed by atoms with E-state index in [2.05, 4.69) is 5.32 Å². The third-order valence-electron chi connectivity index (χ3n) is 2.27. The molecule has 0 heterocycles. The molecule has 4 nitrogen and oxygen atoms in total. The molecule has 0 saturated carbocycles. The second-order valence-corrected chi connectivity index (χ2v) is 3.66.